The monoisotopic (exact) mass is 358 g/mol. The summed E-state index contributed by atoms with van der Waals surface area (Å²) in [6.07, 6.45) is 0.897. The molecule has 2 heterocycles. The first kappa shape index (κ1) is 17.2. The van der Waals surface area contributed by atoms with Gasteiger partial charge in [-0.15, -0.1) is 0 Å². The summed E-state index contributed by atoms with van der Waals surface area (Å²) >= 11 is 0. The zero-order valence-electron chi connectivity index (χ0n) is 16.0. The third-order valence-electron chi connectivity index (χ3n) is 5.57. The van der Waals surface area contributed by atoms with Gasteiger partial charge in [0.05, 0.1) is 18.4 Å². The topological polar surface area (TPSA) is 58.2 Å². The fourth-order valence-corrected chi connectivity index (χ4v) is 4.40. The molecule has 0 spiro atoms. The predicted molar refractivity (Wildman–Crippen MR) is 106 cm³/mol. The molecular formula is C23H22N2O2. The molecule has 0 radical (unpaired) electrons. The highest BCUT2D eigenvalue weighted by Crippen LogP contribution is 2.45. The molecule has 3 aromatic rings. The second-order valence-corrected chi connectivity index (χ2v) is 7.24. The lowest BCUT2D eigenvalue weighted by atomic mass is 9.91. The molecule has 0 saturated heterocycles. The first-order chi connectivity index (χ1) is 13.0. The molecule has 4 heteroatoms. The second kappa shape index (κ2) is 6.21. The largest absolute Gasteiger partial charge is 0.508 e. The van der Waals surface area contributed by atoms with E-state index in [1.165, 1.54) is 5.56 Å². The lowest BCUT2D eigenvalue weighted by Gasteiger charge is -2.27. The number of hydrogen-bond donors (Lipinski definition) is 1. The zero-order valence-corrected chi connectivity index (χ0v) is 16.0. The molecule has 1 aliphatic heterocycles. The van der Waals surface area contributed by atoms with Crippen molar-refractivity contribution in [3.63, 3.8) is 0 Å². The van der Waals surface area contributed by atoms with Crippen molar-refractivity contribution in [2.24, 2.45) is 0 Å². The Bertz CT molecular complexity index is 1100. The Kier molecular flexibility index (Phi) is 3.96. The molecule has 1 atom stereocenters. The Hall–Kier alpha value is -3.19. The molecule has 0 amide bonds. The molecule has 0 saturated carbocycles. The number of ether oxygens (including phenoxy) is 1. The van der Waals surface area contributed by atoms with E-state index in [-0.39, 0.29) is 11.8 Å². The van der Waals surface area contributed by atoms with Gasteiger partial charge in [-0.3, -0.25) is 0 Å². The Morgan fingerprint density at radius 2 is 1.89 bits per heavy atom. The van der Waals surface area contributed by atoms with Crippen LogP contribution in [0.1, 0.15) is 35.3 Å². The predicted octanol–water partition coefficient (Wildman–Crippen LogP) is 5.14. The lowest BCUT2D eigenvalue weighted by molar-refractivity contribution is 0.413. The number of phenols is 1. The number of fused-ring (bicyclic) bond motifs is 3. The van der Waals surface area contributed by atoms with Gasteiger partial charge in [-0.1, -0.05) is 6.07 Å². The molecule has 1 aromatic heterocycles. The Balaban J connectivity index is 2.05. The molecule has 2 aromatic carbocycles. The Morgan fingerprint density at radius 3 is 2.56 bits per heavy atom. The molecule has 1 aliphatic rings. The molecule has 27 heavy (non-hydrogen) atoms. The third kappa shape index (κ3) is 2.50. The molecule has 0 fully saturated rings. The number of methoxy groups -OCH3 is 1. The van der Waals surface area contributed by atoms with E-state index < -0.39 is 0 Å². The van der Waals surface area contributed by atoms with Gasteiger partial charge in [-0.25, -0.2) is 0 Å². The van der Waals surface area contributed by atoms with Crippen molar-refractivity contribution in [3.05, 3.63) is 58.8 Å². The molecule has 4 nitrogen and oxygen atoms in total. The van der Waals surface area contributed by atoms with Crippen LogP contribution in [0.4, 0.5) is 0 Å². The van der Waals surface area contributed by atoms with Crippen LogP contribution < -0.4 is 4.74 Å². The van der Waals surface area contributed by atoms with Gasteiger partial charge in [-0.2, -0.15) is 5.26 Å². The summed E-state index contributed by atoms with van der Waals surface area (Å²) in [6, 6.07) is 14.1. The van der Waals surface area contributed by atoms with Crippen molar-refractivity contribution < 1.29 is 9.84 Å². The van der Waals surface area contributed by atoms with Crippen LogP contribution >= 0.6 is 0 Å². The van der Waals surface area contributed by atoms with E-state index in [4.69, 9.17) is 4.74 Å². The third-order valence-corrected chi connectivity index (χ3v) is 5.57. The molecular weight excluding hydrogens is 336 g/mol. The van der Waals surface area contributed by atoms with Crippen molar-refractivity contribution >= 4 is 0 Å². The van der Waals surface area contributed by atoms with E-state index in [0.29, 0.717) is 5.56 Å². The van der Waals surface area contributed by atoms with Gasteiger partial charge in [0.25, 0.3) is 0 Å². The van der Waals surface area contributed by atoms with Gasteiger partial charge in [0.2, 0.25) is 0 Å². The molecule has 0 aliphatic carbocycles. The SMILES string of the molecule is COc1ccc2c(c1)CC(C)n1c(C)c(-c3ccc(O)cc3C)c(C#N)c1-2. The van der Waals surface area contributed by atoms with Crippen LogP contribution in [0.3, 0.4) is 0 Å². The van der Waals surface area contributed by atoms with Crippen LogP contribution in [-0.2, 0) is 6.42 Å². The summed E-state index contributed by atoms with van der Waals surface area (Å²) in [6.45, 7) is 6.24. The maximum absolute atomic E-state index is 10.1. The van der Waals surface area contributed by atoms with Crippen LogP contribution in [0.25, 0.3) is 22.4 Å². The quantitative estimate of drug-likeness (QED) is 0.690. The maximum Gasteiger partial charge on any atom is 0.119 e. The highest BCUT2D eigenvalue weighted by atomic mass is 16.5. The lowest BCUT2D eigenvalue weighted by Crippen LogP contribution is -2.17. The Morgan fingerprint density at radius 1 is 1.15 bits per heavy atom. The maximum atomic E-state index is 10.1. The van der Waals surface area contributed by atoms with E-state index in [1.807, 2.05) is 19.1 Å². The first-order valence-electron chi connectivity index (χ1n) is 9.08. The van der Waals surface area contributed by atoms with Crippen LogP contribution in [0.2, 0.25) is 0 Å². The highest BCUT2D eigenvalue weighted by molar-refractivity contribution is 5.87. The smallest absolute Gasteiger partial charge is 0.119 e. The zero-order chi connectivity index (χ0) is 19.3. The summed E-state index contributed by atoms with van der Waals surface area (Å²) in [5.41, 5.74) is 7.97. The van der Waals surface area contributed by atoms with Crippen molar-refractivity contribution in [1.82, 2.24) is 4.57 Å². The van der Waals surface area contributed by atoms with Crippen LogP contribution in [0.5, 0.6) is 11.5 Å². The Labute approximate surface area is 159 Å². The first-order valence-corrected chi connectivity index (χ1v) is 9.08. The second-order valence-electron chi connectivity index (χ2n) is 7.24. The van der Waals surface area contributed by atoms with Gasteiger partial charge in [0.15, 0.2) is 0 Å². The van der Waals surface area contributed by atoms with Crippen LogP contribution in [0, 0.1) is 25.2 Å². The average molecular weight is 358 g/mol. The molecule has 0 bridgehead atoms. The minimum Gasteiger partial charge on any atom is -0.508 e. The summed E-state index contributed by atoms with van der Waals surface area (Å²) in [7, 11) is 1.67. The van der Waals surface area contributed by atoms with Crippen LogP contribution in [0.15, 0.2) is 36.4 Å². The average Bonchev–Trinajstić information content (AvgIpc) is 2.94. The number of aromatic nitrogens is 1. The van der Waals surface area contributed by atoms with Crippen molar-refractivity contribution in [2.75, 3.05) is 7.11 Å². The van der Waals surface area contributed by atoms with Gasteiger partial charge in [0.1, 0.15) is 17.6 Å². The van der Waals surface area contributed by atoms with Gasteiger partial charge in [-0.05, 0) is 74.2 Å². The van der Waals surface area contributed by atoms with Gasteiger partial charge < -0.3 is 14.4 Å². The summed E-state index contributed by atoms with van der Waals surface area (Å²) < 4.78 is 7.68. The number of hydrogen-bond acceptors (Lipinski definition) is 3. The van der Waals surface area contributed by atoms with E-state index in [2.05, 4.69) is 36.6 Å². The summed E-state index contributed by atoms with van der Waals surface area (Å²) in [4.78, 5) is 0. The number of nitriles is 1. The highest BCUT2D eigenvalue weighted by Gasteiger charge is 2.30. The van der Waals surface area contributed by atoms with E-state index in [9.17, 15) is 10.4 Å². The number of aryl methyl sites for hydroxylation is 1. The van der Waals surface area contributed by atoms with E-state index in [0.717, 1.165) is 45.8 Å². The summed E-state index contributed by atoms with van der Waals surface area (Å²) in [5.74, 6) is 1.08. The normalized spacial score (nSPS) is 15.0. The number of nitrogens with zero attached hydrogens (tertiary/aromatic N) is 2. The van der Waals surface area contributed by atoms with Crippen LogP contribution in [-0.4, -0.2) is 16.8 Å². The number of phenolic OH excluding ortho intramolecular Hbond substituents is 1. The molecule has 4 rings (SSSR count). The van der Waals surface area contributed by atoms with E-state index >= 15 is 0 Å². The fraction of sp³-hybridized carbons (Fsp3) is 0.261. The standard InChI is InChI=1S/C23H22N2O2/c1-13-9-17(26)5-7-19(13)22-15(3)25-14(2)10-16-11-18(27-4)6-8-20(16)23(25)21(22)12-24/h5-9,11,14,26H,10H2,1-4H3. The molecule has 136 valence electrons. The van der Waals surface area contributed by atoms with Gasteiger partial charge in [0, 0.05) is 22.9 Å². The van der Waals surface area contributed by atoms with Crippen molar-refractivity contribution in [2.45, 2.75) is 33.2 Å². The van der Waals surface area contributed by atoms with Crippen molar-refractivity contribution in [1.29, 1.82) is 5.26 Å². The number of rotatable bonds is 2. The number of aromatic hydroxyl groups is 1. The minimum absolute atomic E-state index is 0.238. The molecule has 1 unspecified atom stereocenters. The van der Waals surface area contributed by atoms with Crippen molar-refractivity contribution in [3.8, 4) is 40.0 Å². The van der Waals surface area contributed by atoms with E-state index in [1.54, 1.807) is 19.2 Å². The number of benzene rings is 2. The summed E-state index contributed by atoms with van der Waals surface area (Å²) in [5, 5.41) is 19.9. The minimum atomic E-state index is 0.238. The van der Waals surface area contributed by atoms with Gasteiger partial charge >= 0.3 is 0 Å². The molecule has 1 N–H and O–H groups in total. The fourth-order valence-electron chi connectivity index (χ4n) is 4.40.